The number of rotatable bonds is 5. The third-order valence-electron chi connectivity index (χ3n) is 4.48. The molecule has 2 heterocycles. The van der Waals surface area contributed by atoms with Crippen LogP contribution in [0.1, 0.15) is 11.1 Å². The van der Waals surface area contributed by atoms with Gasteiger partial charge in [0.05, 0.1) is 22.3 Å². The number of sulfonamides is 1. The minimum atomic E-state index is -4.41. The van der Waals surface area contributed by atoms with Gasteiger partial charge in [-0.3, -0.25) is 4.79 Å². The number of alkyl halides is 3. The number of thioether (sulfide) groups is 1. The zero-order chi connectivity index (χ0) is 23.1. The number of halogens is 3. The third kappa shape index (κ3) is 4.54. The molecular weight excluding hydrogens is 467 g/mol. The van der Waals surface area contributed by atoms with E-state index in [4.69, 9.17) is 5.14 Å². The highest BCUT2D eigenvalue weighted by Crippen LogP contribution is 2.30. The molecule has 0 atom stereocenters. The monoisotopic (exact) mass is 481 g/mol. The van der Waals surface area contributed by atoms with Gasteiger partial charge in [0.25, 0.3) is 5.56 Å². The van der Waals surface area contributed by atoms with E-state index in [0.29, 0.717) is 11.3 Å². The second-order valence-corrected chi connectivity index (χ2v) is 9.21. The molecule has 0 aliphatic rings. The highest BCUT2D eigenvalue weighted by Gasteiger charge is 2.29. The van der Waals surface area contributed by atoms with Gasteiger partial charge in [-0.05, 0) is 42.0 Å². The van der Waals surface area contributed by atoms with Crippen LogP contribution in [0.3, 0.4) is 0 Å². The Morgan fingerprint density at radius 2 is 1.72 bits per heavy atom. The van der Waals surface area contributed by atoms with E-state index in [9.17, 15) is 26.4 Å². The number of primary sulfonamides is 1. The second-order valence-electron chi connectivity index (χ2n) is 6.69. The summed E-state index contributed by atoms with van der Waals surface area (Å²) in [5.74, 6) is 0.282. The molecule has 2 aromatic carbocycles. The van der Waals surface area contributed by atoms with Gasteiger partial charge in [-0.1, -0.05) is 23.9 Å². The van der Waals surface area contributed by atoms with Crippen LogP contribution in [0.4, 0.5) is 13.2 Å². The third-order valence-corrected chi connectivity index (χ3v) is 6.36. The minimum Gasteiger partial charge on any atom is -0.301 e. The van der Waals surface area contributed by atoms with Crippen LogP contribution < -0.4 is 10.7 Å². The molecule has 0 radical (unpaired) electrons. The summed E-state index contributed by atoms with van der Waals surface area (Å²) in [6, 6.07) is 10.3. The first-order chi connectivity index (χ1) is 15.0. The van der Waals surface area contributed by atoms with E-state index in [1.807, 2.05) is 0 Å². The van der Waals surface area contributed by atoms with Crippen LogP contribution >= 0.6 is 11.8 Å². The molecule has 8 nitrogen and oxygen atoms in total. The lowest BCUT2D eigenvalue weighted by molar-refractivity contribution is -0.137. The van der Waals surface area contributed by atoms with Gasteiger partial charge in [0, 0.05) is 5.75 Å². The van der Waals surface area contributed by atoms with Crippen LogP contribution in [-0.4, -0.2) is 28.2 Å². The molecule has 0 saturated carbocycles. The predicted molar refractivity (Wildman–Crippen MR) is 112 cm³/mol. The molecule has 2 aromatic heterocycles. The lowest BCUT2D eigenvalue weighted by atomic mass is 10.1. The van der Waals surface area contributed by atoms with Gasteiger partial charge in [0.2, 0.25) is 10.0 Å². The molecular formula is C19H14F3N5O3S2. The van der Waals surface area contributed by atoms with Gasteiger partial charge >= 0.3 is 6.18 Å². The number of aromatic amines is 1. The van der Waals surface area contributed by atoms with Crippen molar-refractivity contribution in [2.75, 3.05) is 0 Å². The van der Waals surface area contributed by atoms with Crippen molar-refractivity contribution in [3.05, 3.63) is 76.2 Å². The first-order valence-electron chi connectivity index (χ1n) is 8.92. The maximum absolute atomic E-state index is 12.7. The summed E-state index contributed by atoms with van der Waals surface area (Å²) in [5.41, 5.74) is 0.155. The van der Waals surface area contributed by atoms with Crippen molar-refractivity contribution in [1.82, 2.24) is 19.7 Å². The molecule has 0 unspecified atom stereocenters. The zero-order valence-electron chi connectivity index (χ0n) is 16.0. The number of fused-ring (bicyclic) bond motifs is 1. The fourth-order valence-electron chi connectivity index (χ4n) is 2.87. The number of aromatic nitrogens is 4. The van der Waals surface area contributed by atoms with E-state index in [1.165, 1.54) is 47.3 Å². The van der Waals surface area contributed by atoms with Crippen LogP contribution in [0.15, 0.2) is 69.6 Å². The van der Waals surface area contributed by atoms with E-state index in [1.54, 1.807) is 0 Å². The number of H-pyrrole nitrogens is 1. The van der Waals surface area contributed by atoms with Crippen LogP contribution in [0.2, 0.25) is 0 Å². The maximum atomic E-state index is 12.7. The highest BCUT2D eigenvalue weighted by atomic mass is 32.2. The summed E-state index contributed by atoms with van der Waals surface area (Å²) in [6.07, 6.45) is -3.08. The summed E-state index contributed by atoms with van der Waals surface area (Å²) in [5, 5.41) is 9.72. The van der Waals surface area contributed by atoms with Gasteiger partial charge in [0.1, 0.15) is 5.39 Å². The average molecular weight is 481 g/mol. The summed E-state index contributed by atoms with van der Waals surface area (Å²) in [7, 11) is -3.86. The summed E-state index contributed by atoms with van der Waals surface area (Å²) in [4.78, 5) is 19.4. The molecule has 32 heavy (non-hydrogen) atoms. The number of nitrogens with one attached hydrogen (secondary N) is 1. The van der Waals surface area contributed by atoms with Crippen molar-refractivity contribution in [3.63, 3.8) is 0 Å². The molecule has 0 bridgehead atoms. The van der Waals surface area contributed by atoms with Crippen LogP contribution in [0, 0.1) is 0 Å². The van der Waals surface area contributed by atoms with Gasteiger partial charge in [-0.25, -0.2) is 23.2 Å². The maximum Gasteiger partial charge on any atom is 0.416 e. The Kier molecular flexibility index (Phi) is 5.56. The summed E-state index contributed by atoms with van der Waals surface area (Å²) >= 11 is 1.14. The Labute approximate surface area is 183 Å². The van der Waals surface area contributed by atoms with Gasteiger partial charge < -0.3 is 4.98 Å². The molecule has 0 amide bonds. The standard InChI is InChI=1S/C19H14F3N5O3S2/c20-19(21,22)12-3-1-11(2-4-12)10-31-18-25-16-15(17(28)26-18)9-24-27(16)13-5-7-14(8-6-13)32(23,29)30/h1-9H,10H2,(H2,23,29,30)(H,25,26,28). The first-order valence-corrected chi connectivity index (χ1v) is 11.5. The Morgan fingerprint density at radius 1 is 1.06 bits per heavy atom. The largest absolute Gasteiger partial charge is 0.416 e. The van der Waals surface area contributed by atoms with E-state index in [-0.39, 0.29) is 26.8 Å². The first kappa shape index (κ1) is 22.0. The quantitative estimate of drug-likeness (QED) is 0.334. The van der Waals surface area contributed by atoms with E-state index < -0.39 is 27.3 Å². The lowest BCUT2D eigenvalue weighted by Gasteiger charge is -2.08. The highest BCUT2D eigenvalue weighted by molar-refractivity contribution is 7.98. The molecule has 4 rings (SSSR count). The summed E-state index contributed by atoms with van der Waals surface area (Å²) in [6.45, 7) is 0. The Morgan fingerprint density at radius 3 is 2.31 bits per heavy atom. The van der Waals surface area contributed by atoms with E-state index in [2.05, 4.69) is 15.1 Å². The van der Waals surface area contributed by atoms with Crippen molar-refractivity contribution in [2.24, 2.45) is 5.14 Å². The molecule has 13 heteroatoms. The Balaban J connectivity index is 1.61. The van der Waals surface area contributed by atoms with Crippen molar-refractivity contribution in [1.29, 1.82) is 0 Å². The number of hydrogen-bond donors (Lipinski definition) is 2. The topological polar surface area (TPSA) is 124 Å². The fourth-order valence-corrected chi connectivity index (χ4v) is 4.20. The molecule has 166 valence electrons. The van der Waals surface area contributed by atoms with Gasteiger partial charge in [-0.15, -0.1) is 0 Å². The number of hydrogen-bond acceptors (Lipinski definition) is 6. The number of nitrogens with zero attached hydrogens (tertiary/aromatic N) is 3. The zero-order valence-corrected chi connectivity index (χ0v) is 17.6. The lowest BCUT2D eigenvalue weighted by Crippen LogP contribution is -2.12. The molecule has 0 aliphatic carbocycles. The Hall–Kier alpha value is -3.16. The van der Waals surface area contributed by atoms with Crippen LogP contribution in [0.5, 0.6) is 0 Å². The van der Waals surface area contributed by atoms with Gasteiger partial charge in [0.15, 0.2) is 10.8 Å². The SMILES string of the molecule is NS(=O)(=O)c1ccc(-n2ncc3c(=O)[nH]c(SCc4ccc(C(F)(F)F)cc4)nc32)cc1. The average Bonchev–Trinajstić information content (AvgIpc) is 3.16. The number of benzene rings is 2. The van der Waals surface area contributed by atoms with Crippen molar-refractivity contribution in [2.45, 2.75) is 22.0 Å². The van der Waals surface area contributed by atoms with E-state index in [0.717, 1.165) is 23.9 Å². The smallest absolute Gasteiger partial charge is 0.301 e. The van der Waals surface area contributed by atoms with E-state index >= 15 is 0 Å². The van der Waals surface area contributed by atoms with Crippen molar-refractivity contribution in [3.8, 4) is 5.69 Å². The van der Waals surface area contributed by atoms with Crippen LogP contribution in [0.25, 0.3) is 16.7 Å². The molecule has 0 saturated heterocycles. The molecule has 0 fully saturated rings. The van der Waals surface area contributed by atoms with Crippen molar-refractivity contribution < 1.29 is 21.6 Å². The second kappa shape index (κ2) is 8.07. The Bertz CT molecular complexity index is 1450. The minimum absolute atomic E-state index is 0.0729. The van der Waals surface area contributed by atoms with Gasteiger partial charge in [-0.2, -0.15) is 18.3 Å². The molecule has 0 aliphatic heterocycles. The molecule has 0 spiro atoms. The molecule has 3 N–H and O–H groups in total. The normalized spacial score (nSPS) is 12.4. The number of nitrogens with two attached hydrogens (primary N) is 1. The predicted octanol–water partition coefficient (Wildman–Crippen LogP) is 3.07. The molecule has 4 aromatic rings. The fraction of sp³-hybridized carbons (Fsp3) is 0.105. The summed E-state index contributed by atoms with van der Waals surface area (Å²) < 4.78 is 62.3. The van der Waals surface area contributed by atoms with Crippen molar-refractivity contribution >= 4 is 32.8 Å². The van der Waals surface area contributed by atoms with Crippen LogP contribution in [-0.2, 0) is 22.0 Å².